The zero-order chi connectivity index (χ0) is 15.6. The average molecular weight is 288 g/mol. The number of carbonyl (C=O) groups is 2. The predicted octanol–water partition coefficient (Wildman–Crippen LogP) is 3.20. The van der Waals surface area contributed by atoms with Crippen molar-refractivity contribution in [2.75, 3.05) is 5.32 Å². The molecule has 0 radical (unpaired) electrons. The fraction of sp³-hybridized carbons (Fsp3) is 0.529. The van der Waals surface area contributed by atoms with Gasteiger partial charge in [0.15, 0.2) is 0 Å². The topological polar surface area (TPSA) is 58.2 Å². The van der Waals surface area contributed by atoms with E-state index in [1.165, 1.54) is 12.8 Å². The van der Waals surface area contributed by atoms with Gasteiger partial charge < -0.3 is 10.6 Å². The lowest BCUT2D eigenvalue weighted by atomic mass is 9.95. The van der Waals surface area contributed by atoms with E-state index in [0.29, 0.717) is 17.2 Å². The predicted molar refractivity (Wildman–Crippen MR) is 84.2 cm³/mol. The number of hydrogen-bond acceptors (Lipinski definition) is 2. The monoisotopic (exact) mass is 288 g/mol. The van der Waals surface area contributed by atoms with E-state index in [4.69, 9.17) is 0 Å². The summed E-state index contributed by atoms with van der Waals surface area (Å²) in [7, 11) is 0. The SMILES string of the molecule is CC(NC(=O)c1cccc(NC(=O)C(C)(C)C)c1)C1CC1. The number of carbonyl (C=O) groups excluding carboxylic acids is 2. The number of rotatable bonds is 4. The first-order valence-electron chi connectivity index (χ1n) is 7.50. The Balaban J connectivity index is 2.03. The van der Waals surface area contributed by atoms with Crippen LogP contribution in [0.25, 0.3) is 0 Å². The Morgan fingerprint density at radius 3 is 2.48 bits per heavy atom. The molecule has 1 unspecified atom stereocenters. The zero-order valence-electron chi connectivity index (χ0n) is 13.2. The normalized spacial score (nSPS) is 16.2. The summed E-state index contributed by atoms with van der Waals surface area (Å²) < 4.78 is 0. The second-order valence-corrected chi connectivity index (χ2v) is 6.88. The van der Waals surface area contributed by atoms with E-state index >= 15 is 0 Å². The number of benzene rings is 1. The average Bonchev–Trinajstić information content (AvgIpc) is 3.22. The standard InChI is InChI=1S/C17H24N2O2/c1-11(12-8-9-12)18-15(20)13-6-5-7-14(10-13)19-16(21)17(2,3)4/h5-7,10-12H,8-9H2,1-4H3,(H,18,20)(H,19,21). The van der Waals surface area contributed by atoms with Crippen molar-refractivity contribution < 1.29 is 9.59 Å². The Hall–Kier alpha value is -1.84. The van der Waals surface area contributed by atoms with Crippen molar-refractivity contribution >= 4 is 17.5 Å². The maximum atomic E-state index is 12.2. The smallest absolute Gasteiger partial charge is 0.251 e. The maximum absolute atomic E-state index is 12.2. The van der Waals surface area contributed by atoms with Gasteiger partial charge in [0.25, 0.3) is 5.91 Å². The molecule has 4 nitrogen and oxygen atoms in total. The number of hydrogen-bond donors (Lipinski definition) is 2. The first-order valence-corrected chi connectivity index (χ1v) is 7.50. The van der Waals surface area contributed by atoms with Gasteiger partial charge in [0.05, 0.1) is 0 Å². The van der Waals surface area contributed by atoms with Gasteiger partial charge in [-0.25, -0.2) is 0 Å². The Morgan fingerprint density at radius 2 is 1.90 bits per heavy atom. The minimum atomic E-state index is -0.460. The fourth-order valence-electron chi connectivity index (χ4n) is 2.06. The third kappa shape index (κ3) is 4.31. The van der Waals surface area contributed by atoms with E-state index in [-0.39, 0.29) is 17.9 Å². The van der Waals surface area contributed by atoms with Gasteiger partial charge in [0.1, 0.15) is 0 Å². The van der Waals surface area contributed by atoms with Crippen LogP contribution in [-0.2, 0) is 4.79 Å². The molecule has 1 fully saturated rings. The molecule has 0 saturated heterocycles. The molecule has 1 aromatic rings. The molecule has 1 aliphatic rings. The summed E-state index contributed by atoms with van der Waals surface area (Å²) in [5, 5.41) is 5.86. The molecule has 2 rings (SSSR count). The highest BCUT2D eigenvalue weighted by atomic mass is 16.2. The van der Waals surface area contributed by atoms with Crippen LogP contribution in [0.1, 0.15) is 50.9 Å². The first kappa shape index (κ1) is 15.5. The molecule has 0 spiro atoms. The molecular weight excluding hydrogens is 264 g/mol. The number of amides is 2. The van der Waals surface area contributed by atoms with Crippen LogP contribution < -0.4 is 10.6 Å². The van der Waals surface area contributed by atoms with Crippen molar-refractivity contribution in [2.45, 2.75) is 46.6 Å². The molecule has 1 aromatic carbocycles. The van der Waals surface area contributed by atoms with Gasteiger partial charge in [-0.05, 0) is 43.9 Å². The summed E-state index contributed by atoms with van der Waals surface area (Å²) in [5.74, 6) is 0.477. The zero-order valence-corrected chi connectivity index (χ0v) is 13.2. The van der Waals surface area contributed by atoms with E-state index in [2.05, 4.69) is 10.6 Å². The third-order valence-corrected chi connectivity index (χ3v) is 3.75. The molecule has 21 heavy (non-hydrogen) atoms. The van der Waals surface area contributed by atoms with Crippen molar-refractivity contribution in [1.29, 1.82) is 0 Å². The molecular formula is C17H24N2O2. The van der Waals surface area contributed by atoms with Gasteiger partial charge in [-0.15, -0.1) is 0 Å². The Labute approximate surface area is 126 Å². The molecule has 0 aromatic heterocycles. The van der Waals surface area contributed by atoms with E-state index in [1.807, 2.05) is 27.7 Å². The largest absolute Gasteiger partial charge is 0.349 e. The summed E-state index contributed by atoms with van der Waals surface area (Å²) in [5.41, 5.74) is 0.773. The molecule has 1 saturated carbocycles. The maximum Gasteiger partial charge on any atom is 0.251 e. The van der Waals surface area contributed by atoms with Crippen LogP contribution >= 0.6 is 0 Å². The molecule has 2 N–H and O–H groups in total. The molecule has 114 valence electrons. The fourth-order valence-corrected chi connectivity index (χ4v) is 2.06. The van der Waals surface area contributed by atoms with Crippen molar-refractivity contribution in [3.05, 3.63) is 29.8 Å². The highest BCUT2D eigenvalue weighted by Gasteiger charge is 2.29. The van der Waals surface area contributed by atoms with Crippen LogP contribution in [0.15, 0.2) is 24.3 Å². The van der Waals surface area contributed by atoms with E-state index in [1.54, 1.807) is 24.3 Å². The van der Waals surface area contributed by atoms with Crippen molar-refractivity contribution in [3.63, 3.8) is 0 Å². The summed E-state index contributed by atoms with van der Waals surface area (Å²) in [6.07, 6.45) is 2.40. The van der Waals surface area contributed by atoms with Gasteiger partial charge in [0, 0.05) is 22.7 Å². The van der Waals surface area contributed by atoms with Crippen LogP contribution in [0.2, 0.25) is 0 Å². The minimum Gasteiger partial charge on any atom is -0.349 e. The summed E-state index contributed by atoms with van der Waals surface area (Å²) in [4.78, 5) is 24.2. The summed E-state index contributed by atoms with van der Waals surface area (Å²) >= 11 is 0. The molecule has 0 aliphatic heterocycles. The van der Waals surface area contributed by atoms with Gasteiger partial charge in [-0.3, -0.25) is 9.59 Å². The minimum absolute atomic E-state index is 0.0635. The first-order chi connectivity index (χ1) is 9.77. The van der Waals surface area contributed by atoms with E-state index in [0.717, 1.165) is 0 Å². The molecule has 2 amide bonds. The Morgan fingerprint density at radius 1 is 1.24 bits per heavy atom. The van der Waals surface area contributed by atoms with Crippen LogP contribution in [0, 0.1) is 11.3 Å². The third-order valence-electron chi connectivity index (χ3n) is 3.75. The van der Waals surface area contributed by atoms with Crippen LogP contribution in [0.3, 0.4) is 0 Å². The van der Waals surface area contributed by atoms with Gasteiger partial charge in [-0.2, -0.15) is 0 Å². The van der Waals surface area contributed by atoms with Crippen molar-refractivity contribution in [2.24, 2.45) is 11.3 Å². The molecule has 1 aliphatic carbocycles. The molecule has 1 atom stereocenters. The second kappa shape index (κ2) is 5.88. The highest BCUT2D eigenvalue weighted by Crippen LogP contribution is 2.32. The molecule has 4 heteroatoms. The van der Waals surface area contributed by atoms with E-state index in [9.17, 15) is 9.59 Å². The second-order valence-electron chi connectivity index (χ2n) is 6.88. The van der Waals surface area contributed by atoms with Crippen molar-refractivity contribution in [1.82, 2.24) is 5.32 Å². The Bertz CT molecular complexity index is 542. The number of anilines is 1. The van der Waals surface area contributed by atoms with Gasteiger partial charge >= 0.3 is 0 Å². The van der Waals surface area contributed by atoms with Gasteiger partial charge in [-0.1, -0.05) is 26.8 Å². The Kier molecular flexibility index (Phi) is 4.35. The lowest BCUT2D eigenvalue weighted by Crippen LogP contribution is -2.34. The summed E-state index contributed by atoms with van der Waals surface area (Å²) in [6, 6.07) is 7.28. The van der Waals surface area contributed by atoms with Crippen LogP contribution in [0.5, 0.6) is 0 Å². The van der Waals surface area contributed by atoms with Crippen LogP contribution in [-0.4, -0.2) is 17.9 Å². The molecule has 0 heterocycles. The quantitative estimate of drug-likeness (QED) is 0.894. The van der Waals surface area contributed by atoms with E-state index < -0.39 is 5.41 Å². The highest BCUT2D eigenvalue weighted by molar-refractivity contribution is 5.98. The number of nitrogens with one attached hydrogen (secondary N) is 2. The molecule has 0 bridgehead atoms. The lowest BCUT2D eigenvalue weighted by molar-refractivity contribution is -0.123. The van der Waals surface area contributed by atoms with Crippen molar-refractivity contribution in [3.8, 4) is 0 Å². The van der Waals surface area contributed by atoms with Crippen LogP contribution in [0.4, 0.5) is 5.69 Å². The summed E-state index contributed by atoms with van der Waals surface area (Å²) in [6.45, 7) is 7.61. The lowest BCUT2D eigenvalue weighted by Gasteiger charge is -2.18. The van der Waals surface area contributed by atoms with Gasteiger partial charge in [0.2, 0.25) is 5.91 Å².